The zero-order valence-electron chi connectivity index (χ0n) is 10.6. The maximum absolute atomic E-state index is 5.79. The third kappa shape index (κ3) is 3.45. The maximum atomic E-state index is 5.79. The molecule has 1 saturated heterocycles. The van der Waals surface area contributed by atoms with E-state index in [1.807, 2.05) is 12.1 Å². The highest BCUT2D eigenvalue weighted by Gasteiger charge is 2.19. The van der Waals surface area contributed by atoms with Crippen molar-refractivity contribution in [1.82, 2.24) is 5.32 Å². The number of ether oxygens (including phenoxy) is 2. The molecule has 1 heterocycles. The summed E-state index contributed by atoms with van der Waals surface area (Å²) in [7, 11) is 0. The molecule has 2 rings (SSSR count). The summed E-state index contributed by atoms with van der Waals surface area (Å²) in [5.41, 5.74) is 1.22. The van der Waals surface area contributed by atoms with E-state index >= 15 is 0 Å². The quantitative estimate of drug-likeness (QED) is 0.870. The Morgan fingerprint density at radius 3 is 2.71 bits per heavy atom. The molecule has 3 nitrogen and oxygen atoms in total. The molecule has 2 atom stereocenters. The molecule has 1 aromatic rings. The molecule has 1 aliphatic heterocycles. The first-order valence-electron chi connectivity index (χ1n) is 6.37. The molecule has 1 N–H and O–H groups in total. The van der Waals surface area contributed by atoms with E-state index in [4.69, 9.17) is 9.47 Å². The van der Waals surface area contributed by atoms with E-state index in [1.165, 1.54) is 5.56 Å². The van der Waals surface area contributed by atoms with Gasteiger partial charge in [0.05, 0.1) is 19.3 Å². The van der Waals surface area contributed by atoms with Crippen LogP contribution in [0.15, 0.2) is 24.3 Å². The summed E-state index contributed by atoms with van der Waals surface area (Å²) >= 11 is 0. The minimum atomic E-state index is 0.173. The Morgan fingerprint density at radius 1 is 1.35 bits per heavy atom. The summed E-state index contributed by atoms with van der Waals surface area (Å²) < 4.78 is 11.4. The first-order valence-corrected chi connectivity index (χ1v) is 6.37. The number of nitrogens with one attached hydrogen (secondary N) is 1. The van der Waals surface area contributed by atoms with Gasteiger partial charge in [-0.15, -0.1) is 0 Å². The molecule has 2 unspecified atom stereocenters. The van der Waals surface area contributed by atoms with Crippen molar-refractivity contribution in [2.75, 3.05) is 19.8 Å². The van der Waals surface area contributed by atoms with Gasteiger partial charge in [0.25, 0.3) is 0 Å². The van der Waals surface area contributed by atoms with E-state index in [0.717, 1.165) is 31.9 Å². The fraction of sp³-hybridized carbons (Fsp3) is 0.571. The minimum absolute atomic E-state index is 0.173. The molecule has 1 aromatic carbocycles. The summed E-state index contributed by atoms with van der Waals surface area (Å²) in [6.45, 7) is 6.68. The zero-order valence-corrected chi connectivity index (χ0v) is 10.6. The second kappa shape index (κ2) is 6.03. The van der Waals surface area contributed by atoms with Crippen molar-refractivity contribution in [1.29, 1.82) is 0 Å². The standard InChI is InChI=1S/C14H21NO2/c1-3-8-16-13-6-4-12(5-7-13)14-9-15-11(2)10-17-14/h4-7,11,14-15H,3,8-10H2,1-2H3. The molecule has 0 amide bonds. The molecule has 1 aliphatic rings. The Balaban J connectivity index is 1.93. The molecule has 3 heteroatoms. The van der Waals surface area contributed by atoms with Gasteiger partial charge in [0, 0.05) is 12.6 Å². The van der Waals surface area contributed by atoms with Crippen LogP contribution in [0.5, 0.6) is 5.75 Å². The summed E-state index contributed by atoms with van der Waals surface area (Å²) in [5, 5.41) is 3.42. The third-order valence-corrected chi connectivity index (χ3v) is 2.92. The van der Waals surface area contributed by atoms with Crippen LogP contribution >= 0.6 is 0 Å². The van der Waals surface area contributed by atoms with Crippen molar-refractivity contribution in [2.24, 2.45) is 0 Å². The maximum Gasteiger partial charge on any atom is 0.119 e. The lowest BCUT2D eigenvalue weighted by atomic mass is 10.1. The average Bonchev–Trinajstić information content (AvgIpc) is 2.38. The van der Waals surface area contributed by atoms with E-state index in [-0.39, 0.29) is 6.10 Å². The highest BCUT2D eigenvalue weighted by atomic mass is 16.5. The monoisotopic (exact) mass is 235 g/mol. The smallest absolute Gasteiger partial charge is 0.119 e. The van der Waals surface area contributed by atoms with Gasteiger partial charge in [-0.3, -0.25) is 0 Å². The van der Waals surface area contributed by atoms with Crippen LogP contribution in [0.3, 0.4) is 0 Å². The van der Waals surface area contributed by atoms with Crippen LogP contribution in [-0.4, -0.2) is 25.8 Å². The van der Waals surface area contributed by atoms with E-state index < -0.39 is 0 Å². The number of rotatable bonds is 4. The minimum Gasteiger partial charge on any atom is -0.494 e. The van der Waals surface area contributed by atoms with Gasteiger partial charge in [-0.1, -0.05) is 19.1 Å². The highest BCUT2D eigenvalue weighted by Crippen LogP contribution is 2.22. The van der Waals surface area contributed by atoms with E-state index in [0.29, 0.717) is 6.04 Å². The number of hydrogen-bond donors (Lipinski definition) is 1. The van der Waals surface area contributed by atoms with E-state index in [1.54, 1.807) is 0 Å². The van der Waals surface area contributed by atoms with Crippen molar-refractivity contribution < 1.29 is 9.47 Å². The molecule has 0 radical (unpaired) electrons. The predicted octanol–water partition coefficient (Wildman–Crippen LogP) is 2.52. The van der Waals surface area contributed by atoms with Crippen molar-refractivity contribution in [3.05, 3.63) is 29.8 Å². The van der Waals surface area contributed by atoms with Gasteiger partial charge in [-0.2, -0.15) is 0 Å². The Kier molecular flexibility index (Phi) is 4.40. The molecule has 94 valence electrons. The van der Waals surface area contributed by atoms with Crippen molar-refractivity contribution >= 4 is 0 Å². The summed E-state index contributed by atoms with van der Waals surface area (Å²) in [6.07, 6.45) is 1.21. The number of benzene rings is 1. The van der Waals surface area contributed by atoms with Crippen molar-refractivity contribution in [3.8, 4) is 5.75 Å². The molecule has 0 aromatic heterocycles. The van der Waals surface area contributed by atoms with Crippen molar-refractivity contribution in [2.45, 2.75) is 32.4 Å². The van der Waals surface area contributed by atoms with Crippen molar-refractivity contribution in [3.63, 3.8) is 0 Å². The van der Waals surface area contributed by atoms with Crippen LogP contribution in [0.4, 0.5) is 0 Å². The molecular formula is C14H21NO2. The van der Waals surface area contributed by atoms with Crippen LogP contribution in [0.2, 0.25) is 0 Å². The van der Waals surface area contributed by atoms with Gasteiger partial charge >= 0.3 is 0 Å². The van der Waals surface area contributed by atoms with Crippen LogP contribution in [0.1, 0.15) is 31.9 Å². The zero-order chi connectivity index (χ0) is 12.1. The van der Waals surface area contributed by atoms with Gasteiger partial charge in [0.1, 0.15) is 5.75 Å². The van der Waals surface area contributed by atoms with Crippen LogP contribution in [0.25, 0.3) is 0 Å². The van der Waals surface area contributed by atoms with Gasteiger partial charge in [-0.25, -0.2) is 0 Å². The molecule has 1 fully saturated rings. The molecule has 0 bridgehead atoms. The van der Waals surface area contributed by atoms with Crippen LogP contribution < -0.4 is 10.1 Å². The lowest BCUT2D eigenvalue weighted by Gasteiger charge is -2.28. The van der Waals surface area contributed by atoms with Gasteiger partial charge in [-0.05, 0) is 31.0 Å². The normalized spacial score (nSPS) is 24.6. The topological polar surface area (TPSA) is 30.5 Å². The first-order chi connectivity index (χ1) is 8.29. The molecule has 0 saturated carbocycles. The Bertz CT molecular complexity index is 329. The molecule has 0 aliphatic carbocycles. The van der Waals surface area contributed by atoms with E-state index in [9.17, 15) is 0 Å². The van der Waals surface area contributed by atoms with E-state index in [2.05, 4.69) is 31.3 Å². The molecule has 17 heavy (non-hydrogen) atoms. The summed E-state index contributed by atoms with van der Waals surface area (Å²) in [5.74, 6) is 0.938. The lowest BCUT2D eigenvalue weighted by molar-refractivity contribution is 0.00693. The highest BCUT2D eigenvalue weighted by molar-refractivity contribution is 5.29. The second-order valence-corrected chi connectivity index (χ2v) is 4.55. The Labute approximate surface area is 103 Å². The van der Waals surface area contributed by atoms with Gasteiger partial charge in [0.15, 0.2) is 0 Å². The number of morpholine rings is 1. The Morgan fingerprint density at radius 2 is 2.12 bits per heavy atom. The molecular weight excluding hydrogens is 214 g/mol. The third-order valence-electron chi connectivity index (χ3n) is 2.92. The predicted molar refractivity (Wildman–Crippen MR) is 68.4 cm³/mol. The van der Waals surface area contributed by atoms with Crippen LogP contribution in [-0.2, 0) is 4.74 Å². The summed E-state index contributed by atoms with van der Waals surface area (Å²) in [4.78, 5) is 0. The lowest BCUT2D eigenvalue weighted by Crippen LogP contribution is -2.40. The van der Waals surface area contributed by atoms with Crippen LogP contribution in [0, 0.1) is 0 Å². The first kappa shape index (κ1) is 12.4. The largest absolute Gasteiger partial charge is 0.494 e. The fourth-order valence-corrected chi connectivity index (χ4v) is 1.90. The fourth-order valence-electron chi connectivity index (χ4n) is 1.90. The van der Waals surface area contributed by atoms with Gasteiger partial charge in [0.2, 0.25) is 0 Å². The molecule has 0 spiro atoms. The SMILES string of the molecule is CCCOc1ccc(C2CNC(C)CO2)cc1. The second-order valence-electron chi connectivity index (χ2n) is 4.55. The summed E-state index contributed by atoms with van der Waals surface area (Å²) in [6, 6.07) is 8.68. The Hall–Kier alpha value is -1.06. The van der Waals surface area contributed by atoms with Gasteiger partial charge < -0.3 is 14.8 Å². The number of hydrogen-bond acceptors (Lipinski definition) is 3. The average molecular weight is 235 g/mol.